The van der Waals surface area contributed by atoms with Crippen LogP contribution in [0.1, 0.15) is 37.0 Å². The van der Waals surface area contributed by atoms with E-state index in [0.717, 1.165) is 41.5 Å². The number of likely N-dealkylation sites (tertiary alicyclic amines) is 1. The maximum absolute atomic E-state index is 13.2. The molecule has 0 N–H and O–H groups in total. The minimum atomic E-state index is -0.114. The Morgan fingerprint density at radius 1 is 1.00 bits per heavy atom. The van der Waals surface area contributed by atoms with Gasteiger partial charge in [-0.05, 0) is 29.7 Å². The van der Waals surface area contributed by atoms with Crippen LogP contribution in [0.15, 0.2) is 42.5 Å². The molecule has 5 heteroatoms. The minimum absolute atomic E-state index is 0.0240. The second kappa shape index (κ2) is 7.19. The third-order valence-electron chi connectivity index (χ3n) is 5.79. The van der Waals surface area contributed by atoms with E-state index in [4.69, 9.17) is 0 Å². The van der Waals surface area contributed by atoms with Gasteiger partial charge in [0.1, 0.15) is 0 Å². The third-order valence-corrected chi connectivity index (χ3v) is 7.34. The van der Waals surface area contributed by atoms with Crippen molar-refractivity contribution in [2.75, 3.05) is 25.4 Å². The van der Waals surface area contributed by atoms with Crippen molar-refractivity contribution in [1.29, 1.82) is 0 Å². The largest absolute Gasteiger partial charge is 0.338 e. The van der Waals surface area contributed by atoms with Gasteiger partial charge in [-0.1, -0.05) is 50.2 Å². The Morgan fingerprint density at radius 3 is 2.44 bits per heavy atom. The monoisotopic (exact) mass is 382 g/mol. The number of hydrogen-bond acceptors (Lipinski definition) is 3. The van der Waals surface area contributed by atoms with Crippen LogP contribution in [0.2, 0.25) is 0 Å². The molecule has 2 saturated heterocycles. The predicted octanol–water partition coefficient (Wildman–Crippen LogP) is 4.00. The molecule has 0 unspecified atom stereocenters. The van der Waals surface area contributed by atoms with Gasteiger partial charge in [-0.25, -0.2) is 0 Å². The number of carbonyl (C=O) groups is 2. The van der Waals surface area contributed by atoms with Gasteiger partial charge in [-0.15, -0.1) is 11.8 Å². The molecule has 2 aliphatic heterocycles. The van der Waals surface area contributed by atoms with Crippen molar-refractivity contribution in [2.24, 2.45) is 5.92 Å². The fourth-order valence-electron chi connectivity index (χ4n) is 4.29. The van der Waals surface area contributed by atoms with Crippen molar-refractivity contribution < 1.29 is 9.59 Å². The van der Waals surface area contributed by atoms with E-state index >= 15 is 0 Å². The first-order valence-electron chi connectivity index (χ1n) is 9.74. The molecular weight excluding hydrogens is 356 g/mol. The first-order chi connectivity index (χ1) is 13.0. The van der Waals surface area contributed by atoms with Gasteiger partial charge in [0.05, 0.1) is 4.87 Å². The van der Waals surface area contributed by atoms with Crippen molar-refractivity contribution in [1.82, 2.24) is 9.80 Å². The zero-order valence-corrected chi connectivity index (χ0v) is 16.8. The minimum Gasteiger partial charge on any atom is -0.338 e. The quantitative estimate of drug-likeness (QED) is 0.788. The normalized spacial score (nSPS) is 19.2. The number of thioether (sulfide) groups is 1. The van der Waals surface area contributed by atoms with Gasteiger partial charge in [0.15, 0.2) is 0 Å². The number of piperidine rings is 1. The Hall–Kier alpha value is -2.01. The Kier molecular flexibility index (Phi) is 4.89. The van der Waals surface area contributed by atoms with Crippen LogP contribution < -0.4 is 0 Å². The summed E-state index contributed by atoms with van der Waals surface area (Å²) in [7, 11) is 0. The van der Waals surface area contributed by atoms with E-state index in [2.05, 4.69) is 4.90 Å². The lowest BCUT2D eigenvalue weighted by atomic mass is 9.98. The second-order valence-electron chi connectivity index (χ2n) is 7.76. The molecule has 142 valence electrons. The Morgan fingerprint density at radius 2 is 1.70 bits per heavy atom. The van der Waals surface area contributed by atoms with E-state index in [9.17, 15) is 9.59 Å². The number of benzene rings is 2. The van der Waals surface area contributed by atoms with Crippen LogP contribution in [0.5, 0.6) is 0 Å². The summed E-state index contributed by atoms with van der Waals surface area (Å²) >= 11 is 1.90. The van der Waals surface area contributed by atoms with Gasteiger partial charge in [-0.2, -0.15) is 0 Å². The standard InChI is InChI=1S/C22H26N2O2S/c1-16(2)20(25)24-14-15-27-22(24)10-12-23(13-11-22)21(26)19-9-5-7-17-6-3-4-8-18(17)19/h3-9,16H,10-15H2,1-2H3. The molecule has 0 bridgehead atoms. The average Bonchev–Trinajstić information content (AvgIpc) is 3.09. The van der Waals surface area contributed by atoms with Gasteiger partial charge in [0.2, 0.25) is 5.91 Å². The van der Waals surface area contributed by atoms with E-state index in [1.807, 2.05) is 73.0 Å². The Bertz CT molecular complexity index is 866. The fraction of sp³-hybridized carbons (Fsp3) is 0.455. The molecule has 2 aliphatic rings. The Labute approximate surface area is 164 Å². The van der Waals surface area contributed by atoms with E-state index in [-0.39, 0.29) is 22.6 Å². The van der Waals surface area contributed by atoms with Crippen LogP contribution in [0, 0.1) is 5.92 Å². The van der Waals surface area contributed by atoms with Crippen molar-refractivity contribution in [3.8, 4) is 0 Å². The van der Waals surface area contributed by atoms with E-state index in [1.54, 1.807) is 0 Å². The van der Waals surface area contributed by atoms with E-state index in [1.165, 1.54) is 0 Å². The summed E-state index contributed by atoms with van der Waals surface area (Å²) in [5, 5.41) is 2.11. The first kappa shape index (κ1) is 18.4. The summed E-state index contributed by atoms with van der Waals surface area (Å²) < 4.78 is 0. The maximum atomic E-state index is 13.2. The topological polar surface area (TPSA) is 40.6 Å². The van der Waals surface area contributed by atoms with Gasteiger partial charge >= 0.3 is 0 Å². The summed E-state index contributed by atoms with van der Waals surface area (Å²) in [6, 6.07) is 14.0. The van der Waals surface area contributed by atoms with Crippen LogP contribution in [0.25, 0.3) is 10.8 Å². The molecule has 0 radical (unpaired) electrons. The lowest BCUT2D eigenvalue weighted by molar-refractivity contribution is -0.137. The highest BCUT2D eigenvalue weighted by Gasteiger charge is 2.47. The summed E-state index contributed by atoms with van der Waals surface area (Å²) in [6.45, 7) is 6.18. The van der Waals surface area contributed by atoms with Crippen LogP contribution >= 0.6 is 11.8 Å². The fourth-order valence-corrected chi connectivity index (χ4v) is 5.75. The first-order valence-corrected chi connectivity index (χ1v) is 10.7. The van der Waals surface area contributed by atoms with Crippen LogP contribution in [0.4, 0.5) is 0 Å². The number of hydrogen-bond donors (Lipinski definition) is 0. The van der Waals surface area contributed by atoms with Gasteiger partial charge in [-0.3, -0.25) is 9.59 Å². The number of fused-ring (bicyclic) bond motifs is 1. The molecule has 0 aromatic heterocycles. The molecule has 27 heavy (non-hydrogen) atoms. The zero-order valence-electron chi connectivity index (χ0n) is 16.0. The van der Waals surface area contributed by atoms with E-state index in [0.29, 0.717) is 13.1 Å². The maximum Gasteiger partial charge on any atom is 0.254 e. The van der Waals surface area contributed by atoms with Crippen LogP contribution in [0.3, 0.4) is 0 Å². The Balaban J connectivity index is 1.52. The second-order valence-corrected chi connectivity index (χ2v) is 9.21. The molecule has 4 rings (SSSR count). The number of carbonyl (C=O) groups excluding carboxylic acids is 2. The lowest BCUT2D eigenvalue weighted by Crippen LogP contribution is -2.54. The molecule has 0 atom stereocenters. The van der Waals surface area contributed by atoms with Gasteiger partial charge in [0, 0.05) is 36.9 Å². The number of nitrogens with zero attached hydrogens (tertiary/aromatic N) is 2. The van der Waals surface area contributed by atoms with Crippen LogP contribution in [-0.4, -0.2) is 51.9 Å². The molecule has 2 heterocycles. The van der Waals surface area contributed by atoms with Crippen molar-refractivity contribution >= 4 is 34.3 Å². The smallest absolute Gasteiger partial charge is 0.254 e. The lowest BCUT2D eigenvalue weighted by Gasteiger charge is -2.44. The van der Waals surface area contributed by atoms with Crippen LogP contribution in [-0.2, 0) is 4.79 Å². The van der Waals surface area contributed by atoms with Gasteiger partial charge in [0.25, 0.3) is 5.91 Å². The highest BCUT2D eigenvalue weighted by atomic mass is 32.2. The molecular formula is C22H26N2O2S. The predicted molar refractivity (Wildman–Crippen MR) is 111 cm³/mol. The SMILES string of the molecule is CC(C)C(=O)N1CCSC12CCN(C(=O)c1cccc3ccccc13)CC2. The highest BCUT2D eigenvalue weighted by molar-refractivity contribution is 8.00. The average molecular weight is 383 g/mol. The summed E-state index contributed by atoms with van der Waals surface area (Å²) in [6.07, 6.45) is 1.71. The number of rotatable bonds is 2. The van der Waals surface area contributed by atoms with Crippen molar-refractivity contribution in [3.63, 3.8) is 0 Å². The molecule has 1 spiro atoms. The molecule has 2 aromatic rings. The van der Waals surface area contributed by atoms with Crippen molar-refractivity contribution in [3.05, 3.63) is 48.0 Å². The molecule has 2 fully saturated rings. The highest BCUT2D eigenvalue weighted by Crippen LogP contribution is 2.44. The van der Waals surface area contributed by atoms with Gasteiger partial charge < -0.3 is 9.80 Å². The molecule has 0 aliphatic carbocycles. The van der Waals surface area contributed by atoms with Crippen molar-refractivity contribution in [2.45, 2.75) is 31.6 Å². The molecule has 2 amide bonds. The summed E-state index contributed by atoms with van der Waals surface area (Å²) in [4.78, 5) is 29.7. The molecule has 4 nitrogen and oxygen atoms in total. The molecule has 0 saturated carbocycles. The van der Waals surface area contributed by atoms with E-state index < -0.39 is 0 Å². The molecule has 2 aromatic carbocycles. The third kappa shape index (κ3) is 3.22. The zero-order chi connectivity index (χ0) is 19.0. The summed E-state index contributed by atoms with van der Waals surface area (Å²) in [5.41, 5.74) is 0.776. The summed E-state index contributed by atoms with van der Waals surface area (Å²) in [5.74, 6) is 1.37. The number of amides is 2.